The van der Waals surface area contributed by atoms with Crippen molar-refractivity contribution < 1.29 is 19.2 Å². The van der Waals surface area contributed by atoms with Crippen LogP contribution in [0.1, 0.15) is 59.4 Å². The molecule has 1 spiro atoms. The van der Waals surface area contributed by atoms with Crippen molar-refractivity contribution in [1.29, 1.82) is 5.26 Å². The maximum absolute atomic E-state index is 14.0. The van der Waals surface area contributed by atoms with E-state index in [-0.39, 0.29) is 53.8 Å². The van der Waals surface area contributed by atoms with Gasteiger partial charge in [0, 0.05) is 31.6 Å². The second-order valence-electron chi connectivity index (χ2n) is 12.0. The summed E-state index contributed by atoms with van der Waals surface area (Å²) in [6.07, 6.45) is 1.38. The molecule has 5 atom stereocenters. The summed E-state index contributed by atoms with van der Waals surface area (Å²) in [6, 6.07) is 7.17. The molecule has 1 aromatic carbocycles. The number of hydrogen-bond donors (Lipinski definition) is 2. The summed E-state index contributed by atoms with van der Waals surface area (Å²) in [5.41, 5.74) is 0.446. The minimum Gasteiger partial charge on any atom is -0.344 e. The van der Waals surface area contributed by atoms with E-state index in [1.807, 2.05) is 52.0 Å². The fourth-order valence-corrected chi connectivity index (χ4v) is 5.80. The number of fused-ring (bicyclic) bond motifs is 2. The number of nitrogens with one attached hydrogen (secondary N) is 2. The largest absolute Gasteiger partial charge is 0.344 e. The lowest BCUT2D eigenvalue weighted by Crippen LogP contribution is -2.55. The lowest BCUT2D eigenvalue weighted by molar-refractivity contribution is -0.146. The van der Waals surface area contributed by atoms with Crippen molar-refractivity contribution in [3.8, 4) is 6.07 Å². The molecule has 0 radical (unpaired) electrons. The molecule has 2 N–H and O–H groups in total. The smallest absolute Gasteiger partial charge is 0.246 e. The number of likely N-dealkylation sites (N-methyl/N-ethyl adjacent to an activating group) is 1. The molecule has 1 aromatic rings. The van der Waals surface area contributed by atoms with Gasteiger partial charge < -0.3 is 20.4 Å². The third-order valence-corrected chi connectivity index (χ3v) is 8.27. The predicted octanol–water partition coefficient (Wildman–Crippen LogP) is 2.42. The second kappa shape index (κ2) is 9.47. The van der Waals surface area contributed by atoms with Crippen LogP contribution in [0.2, 0.25) is 0 Å². The molecule has 4 amide bonds. The zero-order valence-corrected chi connectivity index (χ0v) is 22.5. The van der Waals surface area contributed by atoms with Crippen LogP contribution in [0.15, 0.2) is 24.3 Å². The standard InChI is InChI=1S/C28H37N5O4/c1-16(2)11-22(32(6)24(35)17(3)30-23(34)20-13-27(20,4)5)25(36)33-15-28(12-18(33)14-29)19-9-7-8-10-21(19)31-26(28)37/h7-10,16-18,20,22H,11-13,15H2,1-6H3,(H,30,34)(H,31,37)/t17-,18-,20?,22-,28-/m0/s1. The van der Waals surface area contributed by atoms with E-state index >= 15 is 0 Å². The SMILES string of the molecule is CC(C)C[C@@H](C(=O)N1C[C@]2(C[C@H]1C#N)C(=O)Nc1ccccc12)N(C)C(=O)[C@H](C)NC(=O)C1CC1(C)C. The summed E-state index contributed by atoms with van der Waals surface area (Å²) < 4.78 is 0. The Morgan fingerprint density at radius 1 is 1.22 bits per heavy atom. The van der Waals surface area contributed by atoms with Crippen LogP contribution in [0, 0.1) is 28.6 Å². The van der Waals surface area contributed by atoms with Gasteiger partial charge in [0.1, 0.15) is 18.1 Å². The number of carbonyl (C=O) groups excluding carboxylic acids is 4. The highest BCUT2D eigenvalue weighted by atomic mass is 16.2. The first-order chi connectivity index (χ1) is 17.3. The Bertz CT molecular complexity index is 1170. The van der Waals surface area contributed by atoms with Crippen LogP contribution in [0.3, 0.4) is 0 Å². The van der Waals surface area contributed by atoms with Gasteiger partial charge in [-0.3, -0.25) is 19.2 Å². The third kappa shape index (κ3) is 4.70. The lowest BCUT2D eigenvalue weighted by atomic mass is 9.80. The molecule has 3 aliphatic rings. The second-order valence-corrected chi connectivity index (χ2v) is 12.0. The molecule has 198 valence electrons. The quantitative estimate of drug-likeness (QED) is 0.587. The number of benzene rings is 1. The Morgan fingerprint density at radius 3 is 2.46 bits per heavy atom. The molecule has 0 bridgehead atoms. The van der Waals surface area contributed by atoms with Crippen molar-refractivity contribution in [3.63, 3.8) is 0 Å². The normalized spacial score (nSPS) is 26.8. The Labute approximate surface area is 218 Å². The minimum atomic E-state index is -0.990. The van der Waals surface area contributed by atoms with Crippen LogP contribution in [-0.2, 0) is 24.6 Å². The van der Waals surface area contributed by atoms with E-state index in [1.165, 1.54) is 9.80 Å². The Hall–Kier alpha value is -3.41. The van der Waals surface area contributed by atoms with E-state index in [0.717, 1.165) is 12.0 Å². The summed E-state index contributed by atoms with van der Waals surface area (Å²) in [5, 5.41) is 15.7. The highest BCUT2D eigenvalue weighted by Gasteiger charge is 2.57. The highest BCUT2D eigenvalue weighted by Crippen LogP contribution is 2.51. The van der Waals surface area contributed by atoms with E-state index < -0.39 is 23.5 Å². The molecule has 2 aliphatic heterocycles. The number of para-hydroxylation sites is 1. The van der Waals surface area contributed by atoms with Crippen molar-refractivity contribution in [1.82, 2.24) is 15.1 Å². The van der Waals surface area contributed by atoms with Gasteiger partial charge in [-0.05, 0) is 42.7 Å². The molecule has 2 fully saturated rings. The summed E-state index contributed by atoms with van der Waals surface area (Å²) >= 11 is 0. The fourth-order valence-electron chi connectivity index (χ4n) is 5.80. The van der Waals surface area contributed by atoms with Gasteiger partial charge in [0.15, 0.2) is 0 Å². The molecule has 9 heteroatoms. The third-order valence-electron chi connectivity index (χ3n) is 8.27. The first-order valence-electron chi connectivity index (χ1n) is 13.0. The number of nitrogens with zero attached hydrogens (tertiary/aromatic N) is 3. The molecular weight excluding hydrogens is 470 g/mol. The molecule has 9 nitrogen and oxygen atoms in total. The Balaban J connectivity index is 1.55. The number of carbonyl (C=O) groups is 4. The van der Waals surface area contributed by atoms with Gasteiger partial charge in [-0.2, -0.15) is 5.26 Å². The number of amides is 4. The zero-order chi connectivity index (χ0) is 27.3. The van der Waals surface area contributed by atoms with Crippen LogP contribution >= 0.6 is 0 Å². The molecule has 2 heterocycles. The number of hydrogen-bond acceptors (Lipinski definition) is 5. The predicted molar refractivity (Wildman–Crippen MR) is 138 cm³/mol. The lowest BCUT2D eigenvalue weighted by Gasteiger charge is -2.34. The number of likely N-dealkylation sites (tertiary alicyclic amines) is 1. The first kappa shape index (κ1) is 26.6. The van der Waals surface area contributed by atoms with Gasteiger partial charge >= 0.3 is 0 Å². The van der Waals surface area contributed by atoms with Crippen LogP contribution in [-0.4, -0.2) is 65.1 Å². The average Bonchev–Trinajstić information content (AvgIpc) is 3.20. The van der Waals surface area contributed by atoms with Crippen molar-refractivity contribution in [3.05, 3.63) is 29.8 Å². The fraction of sp³-hybridized carbons (Fsp3) is 0.607. The number of rotatable bonds is 7. The van der Waals surface area contributed by atoms with Gasteiger partial charge in [-0.25, -0.2) is 0 Å². The summed E-state index contributed by atoms with van der Waals surface area (Å²) in [5.74, 6) is -1.10. The Morgan fingerprint density at radius 2 is 1.86 bits per heavy atom. The van der Waals surface area contributed by atoms with Gasteiger partial charge in [-0.15, -0.1) is 0 Å². The highest BCUT2D eigenvalue weighted by molar-refractivity contribution is 6.07. The van der Waals surface area contributed by atoms with Crippen molar-refractivity contribution in [2.45, 2.75) is 77.4 Å². The summed E-state index contributed by atoms with van der Waals surface area (Å²) in [4.78, 5) is 55.9. The van der Waals surface area contributed by atoms with E-state index in [9.17, 15) is 24.4 Å². The maximum Gasteiger partial charge on any atom is 0.246 e. The molecule has 4 rings (SSSR count). The van der Waals surface area contributed by atoms with Gasteiger partial charge in [0.25, 0.3) is 0 Å². The molecule has 0 aromatic heterocycles. The molecular formula is C28H37N5O4. The summed E-state index contributed by atoms with van der Waals surface area (Å²) in [7, 11) is 1.57. The van der Waals surface area contributed by atoms with E-state index in [2.05, 4.69) is 16.7 Å². The van der Waals surface area contributed by atoms with E-state index in [4.69, 9.17) is 0 Å². The van der Waals surface area contributed by atoms with Crippen LogP contribution in [0.4, 0.5) is 5.69 Å². The number of nitriles is 1. The van der Waals surface area contributed by atoms with Crippen molar-refractivity contribution in [2.75, 3.05) is 18.9 Å². The van der Waals surface area contributed by atoms with Gasteiger partial charge in [0.05, 0.1) is 11.5 Å². The molecule has 1 unspecified atom stereocenters. The van der Waals surface area contributed by atoms with E-state index in [0.29, 0.717) is 12.1 Å². The van der Waals surface area contributed by atoms with Crippen LogP contribution in [0.5, 0.6) is 0 Å². The van der Waals surface area contributed by atoms with Gasteiger partial charge in [0.2, 0.25) is 23.6 Å². The Kier molecular flexibility index (Phi) is 6.82. The molecule has 37 heavy (non-hydrogen) atoms. The molecule has 1 saturated carbocycles. The molecule has 1 aliphatic carbocycles. The van der Waals surface area contributed by atoms with Crippen molar-refractivity contribution >= 4 is 29.3 Å². The van der Waals surface area contributed by atoms with Gasteiger partial charge in [-0.1, -0.05) is 45.9 Å². The number of anilines is 1. The van der Waals surface area contributed by atoms with Crippen LogP contribution in [0.25, 0.3) is 0 Å². The summed E-state index contributed by atoms with van der Waals surface area (Å²) in [6.45, 7) is 9.67. The van der Waals surface area contributed by atoms with Crippen LogP contribution < -0.4 is 10.6 Å². The van der Waals surface area contributed by atoms with Crippen molar-refractivity contribution in [2.24, 2.45) is 17.3 Å². The monoisotopic (exact) mass is 507 g/mol. The average molecular weight is 508 g/mol. The topological polar surface area (TPSA) is 123 Å². The van der Waals surface area contributed by atoms with E-state index in [1.54, 1.807) is 14.0 Å². The molecule has 1 saturated heterocycles. The first-order valence-corrected chi connectivity index (χ1v) is 13.0. The maximum atomic E-state index is 14.0. The minimum absolute atomic E-state index is 0.0575. The zero-order valence-electron chi connectivity index (χ0n) is 22.5.